The highest BCUT2D eigenvalue weighted by Gasteiger charge is 2.24. The molecule has 1 aliphatic rings. The molecule has 0 aromatic carbocycles. The van der Waals surface area contributed by atoms with Gasteiger partial charge in [-0.15, -0.1) is 0 Å². The van der Waals surface area contributed by atoms with Crippen molar-refractivity contribution in [1.82, 2.24) is 16.0 Å². The largest absolute Gasteiger partial charge is 0.383 e. The van der Waals surface area contributed by atoms with Gasteiger partial charge in [0.1, 0.15) is 5.60 Å². The third-order valence-electron chi connectivity index (χ3n) is 4.45. The maximum Gasteiger partial charge on any atom is 0.223 e. The molecular formula is C18H30N4O2S. The summed E-state index contributed by atoms with van der Waals surface area (Å²) in [6, 6.07) is 1.92. The molecule has 1 aromatic heterocycles. The van der Waals surface area contributed by atoms with E-state index in [1.165, 1.54) is 6.42 Å². The van der Waals surface area contributed by atoms with Gasteiger partial charge in [-0.3, -0.25) is 4.79 Å². The number of thiophene rings is 1. The number of nitrogens with one attached hydrogen (secondary N) is 3. The van der Waals surface area contributed by atoms with Crippen molar-refractivity contribution in [2.24, 2.45) is 10.9 Å². The molecule has 1 atom stereocenters. The molecule has 7 heteroatoms. The number of hydrogen-bond donors (Lipinski definition) is 4. The zero-order valence-corrected chi connectivity index (χ0v) is 16.0. The Bertz CT molecular complexity index is 553. The predicted molar refractivity (Wildman–Crippen MR) is 103 cm³/mol. The number of guanidine groups is 1. The third kappa shape index (κ3) is 6.32. The zero-order chi connectivity index (χ0) is 18.1. The Labute approximate surface area is 154 Å². The van der Waals surface area contributed by atoms with E-state index in [9.17, 15) is 9.90 Å². The van der Waals surface area contributed by atoms with E-state index >= 15 is 0 Å². The fourth-order valence-corrected chi connectivity index (χ4v) is 3.34. The number of rotatable bonds is 9. The van der Waals surface area contributed by atoms with Crippen LogP contribution >= 0.6 is 11.3 Å². The fourth-order valence-electron chi connectivity index (χ4n) is 2.56. The van der Waals surface area contributed by atoms with Gasteiger partial charge in [0.05, 0.1) is 6.54 Å². The first-order valence-corrected chi connectivity index (χ1v) is 10.0. The first-order valence-electron chi connectivity index (χ1n) is 9.08. The van der Waals surface area contributed by atoms with E-state index in [4.69, 9.17) is 0 Å². The normalized spacial score (nSPS) is 17.5. The van der Waals surface area contributed by atoms with Crippen LogP contribution in [-0.2, 0) is 10.4 Å². The molecule has 6 nitrogen and oxygen atoms in total. The van der Waals surface area contributed by atoms with Crippen LogP contribution in [-0.4, -0.2) is 43.2 Å². The summed E-state index contributed by atoms with van der Waals surface area (Å²) in [6.45, 7) is 6.22. The summed E-state index contributed by atoms with van der Waals surface area (Å²) in [4.78, 5) is 16.2. The molecule has 1 fully saturated rings. The number of aliphatic hydroxyl groups is 1. The van der Waals surface area contributed by atoms with Gasteiger partial charge in [-0.05, 0) is 55.5 Å². The molecule has 1 aromatic rings. The first-order chi connectivity index (χ1) is 12.0. The van der Waals surface area contributed by atoms with Crippen LogP contribution in [0.3, 0.4) is 0 Å². The third-order valence-corrected chi connectivity index (χ3v) is 5.14. The van der Waals surface area contributed by atoms with Gasteiger partial charge in [-0.1, -0.05) is 6.42 Å². The van der Waals surface area contributed by atoms with Crippen molar-refractivity contribution in [3.8, 4) is 0 Å². The lowest BCUT2D eigenvalue weighted by Gasteiger charge is -2.24. The highest BCUT2D eigenvalue weighted by molar-refractivity contribution is 7.08. The number of carbonyl (C=O) groups is 1. The zero-order valence-electron chi connectivity index (χ0n) is 15.2. The van der Waals surface area contributed by atoms with E-state index in [2.05, 4.69) is 20.9 Å². The minimum atomic E-state index is -0.973. The number of carbonyl (C=O) groups excluding carboxylic acids is 1. The summed E-state index contributed by atoms with van der Waals surface area (Å²) in [5.41, 5.74) is -0.0881. The van der Waals surface area contributed by atoms with Crippen molar-refractivity contribution in [3.63, 3.8) is 0 Å². The van der Waals surface area contributed by atoms with Crippen LogP contribution in [0.25, 0.3) is 0 Å². The van der Waals surface area contributed by atoms with Gasteiger partial charge in [0.25, 0.3) is 0 Å². The van der Waals surface area contributed by atoms with Crippen molar-refractivity contribution >= 4 is 23.2 Å². The molecule has 1 amide bonds. The number of hydrogen-bond acceptors (Lipinski definition) is 4. The Morgan fingerprint density at radius 3 is 2.72 bits per heavy atom. The van der Waals surface area contributed by atoms with Crippen LogP contribution in [0.4, 0.5) is 0 Å². The van der Waals surface area contributed by atoms with Gasteiger partial charge in [0.15, 0.2) is 5.96 Å². The molecule has 0 spiro atoms. The van der Waals surface area contributed by atoms with Crippen molar-refractivity contribution in [3.05, 3.63) is 22.4 Å². The predicted octanol–water partition coefficient (Wildman–Crippen LogP) is 1.82. The number of aliphatic imine (C=N–C) groups is 1. The van der Waals surface area contributed by atoms with Gasteiger partial charge in [-0.25, -0.2) is 4.99 Å². The maximum atomic E-state index is 11.8. The Morgan fingerprint density at radius 2 is 2.12 bits per heavy atom. The minimum Gasteiger partial charge on any atom is -0.383 e. The van der Waals surface area contributed by atoms with E-state index in [-0.39, 0.29) is 18.4 Å². The summed E-state index contributed by atoms with van der Waals surface area (Å²) >= 11 is 1.57. The summed E-state index contributed by atoms with van der Waals surface area (Å²) in [7, 11) is 0. The quantitative estimate of drug-likeness (QED) is 0.305. The van der Waals surface area contributed by atoms with E-state index < -0.39 is 5.60 Å². The summed E-state index contributed by atoms with van der Waals surface area (Å²) in [5, 5.41) is 23.9. The van der Waals surface area contributed by atoms with Gasteiger partial charge in [0.2, 0.25) is 5.91 Å². The van der Waals surface area contributed by atoms with Crippen molar-refractivity contribution in [2.75, 3.05) is 26.2 Å². The van der Waals surface area contributed by atoms with Crippen LogP contribution in [0, 0.1) is 5.92 Å². The second-order valence-electron chi connectivity index (χ2n) is 6.68. The average molecular weight is 367 g/mol. The highest BCUT2D eigenvalue weighted by Crippen LogP contribution is 2.26. The molecule has 1 heterocycles. The second kappa shape index (κ2) is 9.77. The van der Waals surface area contributed by atoms with E-state index in [1.807, 2.05) is 23.8 Å². The summed E-state index contributed by atoms with van der Waals surface area (Å²) < 4.78 is 0. The molecule has 0 saturated heterocycles. The number of nitrogens with zero attached hydrogens (tertiary/aromatic N) is 1. The molecular weight excluding hydrogens is 336 g/mol. The van der Waals surface area contributed by atoms with E-state index in [0.717, 1.165) is 37.9 Å². The van der Waals surface area contributed by atoms with Gasteiger partial charge >= 0.3 is 0 Å². The van der Waals surface area contributed by atoms with Crippen LogP contribution < -0.4 is 16.0 Å². The molecule has 0 aliphatic heterocycles. The standard InChI is InChI=1S/C18H30N4O2S/c1-3-19-17(22-13-18(2,24)15-8-11-25-12-15)21-10-5-9-20-16(23)14-6-4-7-14/h8,11-12,14,24H,3-7,9-10,13H2,1-2H3,(H,20,23)(H2,19,21,22). The highest BCUT2D eigenvalue weighted by atomic mass is 32.1. The first kappa shape index (κ1) is 19.7. The lowest BCUT2D eigenvalue weighted by molar-refractivity contribution is -0.127. The lowest BCUT2D eigenvalue weighted by Crippen LogP contribution is -2.40. The molecule has 0 radical (unpaired) electrons. The Hall–Kier alpha value is -1.60. The van der Waals surface area contributed by atoms with Crippen LogP contribution in [0.15, 0.2) is 21.8 Å². The Morgan fingerprint density at radius 1 is 1.36 bits per heavy atom. The molecule has 1 aliphatic carbocycles. The Balaban J connectivity index is 1.71. The van der Waals surface area contributed by atoms with Crippen molar-refractivity contribution < 1.29 is 9.90 Å². The van der Waals surface area contributed by atoms with E-state index in [0.29, 0.717) is 12.5 Å². The molecule has 2 rings (SSSR count). The van der Waals surface area contributed by atoms with Crippen LogP contribution in [0.2, 0.25) is 0 Å². The molecule has 4 N–H and O–H groups in total. The molecule has 0 bridgehead atoms. The average Bonchev–Trinajstić information content (AvgIpc) is 3.05. The van der Waals surface area contributed by atoms with Crippen LogP contribution in [0.1, 0.15) is 45.1 Å². The fraction of sp³-hybridized carbons (Fsp3) is 0.667. The molecule has 1 unspecified atom stereocenters. The lowest BCUT2D eigenvalue weighted by atomic mass is 9.85. The van der Waals surface area contributed by atoms with Crippen LogP contribution in [0.5, 0.6) is 0 Å². The second-order valence-corrected chi connectivity index (χ2v) is 7.46. The van der Waals surface area contributed by atoms with Gasteiger partial charge < -0.3 is 21.1 Å². The Kier molecular flexibility index (Phi) is 7.71. The monoisotopic (exact) mass is 366 g/mol. The summed E-state index contributed by atoms with van der Waals surface area (Å²) in [6.07, 6.45) is 4.08. The van der Waals surface area contributed by atoms with E-state index in [1.54, 1.807) is 18.3 Å². The van der Waals surface area contributed by atoms with Gasteiger partial charge in [0, 0.05) is 25.6 Å². The minimum absolute atomic E-state index is 0.193. The molecule has 1 saturated carbocycles. The van der Waals surface area contributed by atoms with Crippen molar-refractivity contribution in [1.29, 1.82) is 0 Å². The van der Waals surface area contributed by atoms with Gasteiger partial charge in [-0.2, -0.15) is 11.3 Å². The smallest absolute Gasteiger partial charge is 0.223 e. The maximum absolute atomic E-state index is 11.8. The topological polar surface area (TPSA) is 85.8 Å². The molecule has 140 valence electrons. The summed E-state index contributed by atoms with van der Waals surface area (Å²) in [5.74, 6) is 1.12. The number of amides is 1. The SMILES string of the molecule is CCNC(=NCC(C)(O)c1ccsc1)NCCCNC(=O)C1CCC1. The van der Waals surface area contributed by atoms with Crippen molar-refractivity contribution in [2.45, 2.75) is 45.1 Å². The molecule has 25 heavy (non-hydrogen) atoms.